The minimum absolute atomic E-state index is 0.112. The van der Waals surface area contributed by atoms with E-state index in [9.17, 15) is 18.8 Å². The highest BCUT2D eigenvalue weighted by Gasteiger charge is 2.35. The van der Waals surface area contributed by atoms with Gasteiger partial charge in [-0.1, -0.05) is 69.7 Å². The summed E-state index contributed by atoms with van der Waals surface area (Å²) in [7, 11) is 0. The van der Waals surface area contributed by atoms with Crippen LogP contribution in [0.4, 0.5) is 4.39 Å². The molecule has 1 atom stereocenters. The topological polar surface area (TPSA) is 96.2 Å². The van der Waals surface area contributed by atoms with Crippen LogP contribution in [0.15, 0.2) is 86.6 Å². The number of thiazole rings is 1. The van der Waals surface area contributed by atoms with Crippen LogP contribution in [0.25, 0.3) is 11.8 Å². The molecule has 0 N–H and O–H groups in total. The standard InChI is InChI=1S/C32H25BrFIN2O6S/c1-3-41-25(38)17-43-29-20(14-21(33)16-23(29)35)15-24-30(39)37-28(19-10-12-22(34)13-11-19)26(31(40)42-4-2)27(36-32(37)44-24)18-8-6-5-7-9-18/h5-16,28H,3-4,17H2,1-2H3/b24-15-/t28-/m0/s1. The van der Waals surface area contributed by atoms with Gasteiger partial charge in [-0.2, -0.15) is 0 Å². The fourth-order valence-electron chi connectivity index (χ4n) is 4.72. The molecule has 12 heteroatoms. The van der Waals surface area contributed by atoms with Crippen molar-refractivity contribution in [1.82, 2.24) is 4.57 Å². The number of benzene rings is 3. The Bertz CT molecular complexity index is 1940. The molecule has 0 saturated heterocycles. The Hall–Kier alpha value is -3.62. The van der Waals surface area contributed by atoms with Gasteiger partial charge in [0.25, 0.3) is 5.56 Å². The molecule has 0 spiro atoms. The van der Waals surface area contributed by atoms with Crippen molar-refractivity contribution in [2.75, 3.05) is 19.8 Å². The first-order valence-corrected chi connectivity index (χ1v) is 16.2. The van der Waals surface area contributed by atoms with Crippen molar-refractivity contribution in [3.63, 3.8) is 0 Å². The van der Waals surface area contributed by atoms with Gasteiger partial charge in [0.05, 0.1) is 38.6 Å². The molecule has 1 aromatic heterocycles. The third-order valence-electron chi connectivity index (χ3n) is 6.52. The van der Waals surface area contributed by atoms with E-state index in [1.54, 1.807) is 38.1 Å². The molecule has 0 aliphatic carbocycles. The lowest BCUT2D eigenvalue weighted by Gasteiger charge is -2.25. The van der Waals surface area contributed by atoms with Gasteiger partial charge in [-0.25, -0.2) is 19.0 Å². The second-order valence-electron chi connectivity index (χ2n) is 9.38. The normalized spacial score (nSPS) is 14.6. The van der Waals surface area contributed by atoms with Crippen LogP contribution < -0.4 is 19.6 Å². The largest absolute Gasteiger partial charge is 0.480 e. The fourth-order valence-corrected chi connectivity index (χ4v) is 7.41. The van der Waals surface area contributed by atoms with Crippen molar-refractivity contribution < 1.29 is 28.2 Å². The van der Waals surface area contributed by atoms with Crippen LogP contribution in [0.3, 0.4) is 0 Å². The SMILES string of the molecule is CCOC(=O)COc1c(I)cc(Br)cc1/C=c1\sc2n(c1=O)[C@@H](c1ccc(F)cc1)C(C(=O)OCC)=C(c1ccccc1)N=2. The first-order chi connectivity index (χ1) is 21.2. The fraction of sp³-hybridized carbons (Fsp3) is 0.188. The summed E-state index contributed by atoms with van der Waals surface area (Å²) in [5.74, 6) is -1.20. The monoisotopic (exact) mass is 790 g/mol. The zero-order chi connectivity index (χ0) is 31.4. The van der Waals surface area contributed by atoms with Gasteiger partial charge in [0, 0.05) is 15.6 Å². The summed E-state index contributed by atoms with van der Waals surface area (Å²) in [6, 6.07) is 17.5. The highest BCUT2D eigenvalue weighted by molar-refractivity contribution is 14.1. The van der Waals surface area contributed by atoms with E-state index < -0.39 is 29.4 Å². The molecule has 0 saturated carbocycles. The number of hydrogen-bond acceptors (Lipinski definition) is 8. The molecule has 0 fully saturated rings. The Balaban J connectivity index is 1.76. The predicted octanol–water partition coefficient (Wildman–Crippen LogP) is 5.38. The Morgan fingerprint density at radius 3 is 2.45 bits per heavy atom. The summed E-state index contributed by atoms with van der Waals surface area (Å²) < 4.78 is 33.5. The number of aromatic nitrogens is 1. The molecule has 5 rings (SSSR count). The van der Waals surface area contributed by atoms with Gasteiger partial charge < -0.3 is 14.2 Å². The third-order valence-corrected chi connectivity index (χ3v) is 8.76. The number of ether oxygens (including phenoxy) is 3. The molecule has 0 amide bonds. The molecule has 1 aliphatic heterocycles. The molecule has 2 heterocycles. The maximum absolute atomic E-state index is 14.2. The molecule has 8 nitrogen and oxygen atoms in total. The molecule has 0 radical (unpaired) electrons. The Morgan fingerprint density at radius 2 is 1.77 bits per heavy atom. The first-order valence-electron chi connectivity index (χ1n) is 13.5. The van der Waals surface area contributed by atoms with Gasteiger partial charge in [0.2, 0.25) is 0 Å². The van der Waals surface area contributed by atoms with Crippen molar-refractivity contribution in [3.8, 4) is 5.75 Å². The number of fused-ring (bicyclic) bond motifs is 1. The molecule has 0 bridgehead atoms. The zero-order valence-electron chi connectivity index (χ0n) is 23.5. The summed E-state index contributed by atoms with van der Waals surface area (Å²) in [5.41, 5.74) is 1.84. The van der Waals surface area contributed by atoms with E-state index in [0.29, 0.717) is 41.0 Å². The average Bonchev–Trinajstić information content (AvgIpc) is 3.31. The van der Waals surface area contributed by atoms with Crippen molar-refractivity contribution in [2.24, 2.45) is 4.99 Å². The highest BCUT2D eigenvalue weighted by Crippen LogP contribution is 2.35. The quantitative estimate of drug-likeness (QED) is 0.167. The maximum atomic E-state index is 14.2. The highest BCUT2D eigenvalue weighted by atomic mass is 127. The van der Waals surface area contributed by atoms with Gasteiger partial charge in [0.1, 0.15) is 11.6 Å². The molecule has 4 aromatic rings. The van der Waals surface area contributed by atoms with Crippen molar-refractivity contribution in [3.05, 3.63) is 123 Å². The van der Waals surface area contributed by atoms with Crippen molar-refractivity contribution in [1.29, 1.82) is 0 Å². The lowest BCUT2D eigenvalue weighted by atomic mass is 9.93. The van der Waals surface area contributed by atoms with Crippen LogP contribution in [-0.4, -0.2) is 36.3 Å². The number of rotatable bonds is 9. The van der Waals surface area contributed by atoms with Crippen molar-refractivity contribution >= 4 is 73.6 Å². The molecule has 44 heavy (non-hydrogen) atoms. The Kier molecular flexibility index (Phi) is 10.1. The smallest absolute Gasteiger partial charge is 0.344 e. The Morgan fingerprint density at radius 1 is 1.07 bits per heavy atom. The lowest BCUT2D eigenvalue weighted by molar-refractivity contribution is -0.145. The molecular formula is C32H25BrFIN2O6S. The van der Waals surface area contributed by atoms with Crippen LogP contribution in [0.2, 0.25) is 0 Å². The Labute approximate surface area is 277 Å². The van der Waals surface area contributed by atoms with Crippen LogP contribution in [0.1, 0.15) is 36.6 Å². The van der Waals surface area contributed by atoms with Gasteiger partial charge in [-0.15, -0.1) is 0 Å². The summed E-state index contributed by atoms with van der Waals surface area (Å²) in [4.78, 5) is 44.9. The van der Waals surface area contributed by atoms with E-state index in [1.165, 1.54) is 16.7 Å². The number of carbonyl (C=O) groups is 2. The van der Waals surface area contributed by atoms with Crippen LogP contribution in [-0.2, 0) is 19.1 Å². The summed E-state index contributed by atoms with van der Waals surface area (Å²) >= 11 is 6.73. The number of esters is 2. The summed E-state index contributed by atoms with van der Waals surface area (Å²) in [5, 5.41) is 0. The average molecular weight is 791 g/mol. The van der Waals surface area contributed by atoms with Gasteiger partial charge in [-0.05, 0) is 72.3 Å². The number of nitrogens with zero attached hydrogens (tertiary/aromatic N) is 2. The molecule has 1 aliphatic rings. The number of halogens is 3. The first kappa shape index (κ1) is 31.8. The van der Waals surface area contributed by atoms with Crippen molar-refractivity contribution in [2.45, 2.75) is 19.9 Å². The lowest BCUT2D eigenvalue weighted by Crippen LogP contribution is -2.40. The number of carbonyl (C=O) groups excluding carboxylic acids is 2. The van der Waals surface area contributed by atoms with E-state index in [-0.39, 0.29) is 25.4 Å². The third kappa shape index (κ3) is 6.71. The second kappa shape index (κ2) is 14.0. The van der Waals surface area contributed by atoms with E-state index in [2.05, 4.69) is 38.5 Å². The van der Waals surface area contributed by atoms with Gasteiger partial charge >= 0.3 is 11.9 Å². The zero-order valence-corrected chi connectivity index (χ0v) is 28.1. The van der Waals surface area contributed by atoms with Crippen LogP contribution >= 0.6 is 49.9 Å². The van der Waals surface area contributed by atoms with E-state index in [4.69, 9.17) is 19.2 Å². The molecule has 226 valence electrons. The van der Waals surface area contributed by atoms with Gasteiger partial charge in [-0.3, -0.25) is 9.36 Å². The summed E-state index contributed by atoms with van der Waals surface area (Å²) in [6.45, 7) is 3.44. The minimum atomic E-state index is -0.939. The van der Waals surface area contributed by atoms with E-state index in [1.807, 2.05) is 36.4 Å². The predicted molar refractivity (Wildman–Crippen MR) is 176 cm³/mol. The minimum Gasteiger partial charge on any atom is -0.480 e. The number of hydrogen-bond donors (Lipinski definition) is 0. The molecule has 0 unspecified atom stereocenters. The van der Waals surface area contributed by atoms with Gasteiger partial charge in [0.15, 0.2) is 11.4 Å². The molecule has 3 aromatic carbocycles. The second-order valence-corrected chi connectivity index (χ2v) is 12.5. The maximum Gasteiger partial charge on any atom is 0.344 e. The van der Waals surface area contributed by atoms with Crippen LogP contribution in [0, 0.1) is 9.39 Å². The van der Waals surface area contributed by atoms with E-state index in [0.717, 1.165) is 15.8 Å². The molecular weight excluding hydrogens is 766 g/mol. The van der Waals surface area contributed by atoms with E-state index >= 15 is 0 Å². The summed E-state index contributed by atoms with van der Waals surface area (Å²) in [6.07, 6.45) is 1.66. The van der Waals surface area contributed by atoms with Crippen LogP contribution in [0.5, 0.6) is 5.75 Å².